The lowest BCUT2D eigenvalue weighted by atomic mass is 10.0. The Morgan fingerprint density at radius 3 is 2.52 bits per heavy atom. The molecule has 2 nitrogen and oxygen atoms in total. The summed E-state index contributed by atoms with van der Waals surface area (Å²) in [4.78, 5) is 3.23. The van der Waals surface area contributed by atoms with Crippen LogP contribution in [0.4, 0.5) is 0 Å². The van der Waals surface area contributed by atoms with E-state index in [9.17, 15) is 0 Å². The number of fused-ring (bicyclic) bond motifs is 1. The maximum atomic E-state index is 3.60. The van der Waals surface area contributed by atoms with E-state index < -0.39 is 0 Å². The minimum Gasteiger partial charge on any atom is -0.361 e. The topological polar surface area (TPSA) is 27.8 Å². The summed E-state index contributed by atoms with van der Waals surface area (Å²) in [6.07, 6.45) is 3.08. The number of aromatic nitrogens is 1. The fourth-order valence-electron chi connectivity index (χ4n) is 2.64. The third-order valence-electron chi connectivity index (χ3n) is 4.12. The molecule has 2 N–H and O–H groups in total. The Morgan fingerprint density at radius 2 is 1.76 bits per heavy atom. The number of benzene rings is 2. The second kappa shape index (κ2) is 6.15. The van der Waals surface area contributed by atoms with Gasteiger partial charge < -0.3 is 10.3 Å². The number of nitrogens with one attached hydrogen (secondary N) is 2. The SMILES string of the molecule is CCc1ccc(C(C)NCc2ccc3[nH]ccc3c2)cc1. The van der Waals surface area contributed by atoms with Crippen LogP contribution < -0.4 is 5.32 Å². The van der Waals surface area contributed by atoms with E-state index >= 15 is 0 Å². The summed E-state index contributed by atoms with van der Waals surface area (Å²) in [6.45, 7) is 5.29. The van der Waals surface area contributed by atoms with Gasteiger partial charge in [-0.3, -0.25) is 0 Å². The van der Waals surface area contributed by atoms with Gasteiger partial charge in [0.05, 0.1) is 0 Å². The number of rotatable bonds is 5. The molecule has 3 aromatic rings. The van der Waals surface area contributed by atoms with E-state index in [-0.39, 0.29) is 0 Å². The van der Waals surface area contributed by atoms with Gasteiger partial charge in [-0.15, -0.1) is 0 Å². The molecule has 0 saturated carbocycles. The van der Waals surface area contributed by atoms with Crippen LogP contribution in [0.2, 0.25) is 0 Å². The number of hydrogen-bond donors (Lipinski definition) is 2. The third kappa shape index (κ3) is 3.17. The average Bonchev–Trinajstić information content (AvgIpc) is 3.00. The van der Waals surface area contributed by atoms with E-state index in [1.54, 1.807) is 0 Å². The number of hydrogen-bond acceptors (Lipinski definition) is 1. The largest absolute Gasteiger partial charge is 0.361 e. The molecular formula is C19H22N2. The van der Waals surface area contributed by atoms with Crippen molar-refractivity contribution in [2.75, 3.05) is 0 Å². The van der Waals surface area contributed by atoms with Gasteiger partial charge in [-0.25, -0.2) is 0 Å². The van der Waals surface area contributed by atoms with Gasteiger partial charge >= 0.3 is 0 Å². The van der Waals surface area contributed by atoms with E-state index in [1.165, 1.54) is 27.6 Å². The predicted molar refractivity (Wildman–Crippen MR) is 89.4 cm³/mol. The van der Waals surface area contributed by atoms with Crippen molar-refractivity contribution in [2.45, 2.75) is 32.9 Å². The van der Waals surface area contributed by atoms with Crippen LogP contribution in [0.3, 0.4) is 0 Å². The van der Waals surface area contributed by atoms with Crippen molar-refractivity contribution in [1.82, 2.24) is 10.3 Å². The molecule has 1 aromatic heterocycles. The van der Waals surface area contributed by atoms with Gasteiger partial charge in [0.2, 0.25) is 0 Å². The quantitative estimate of drug-likeness (QED) is 0.702. The number of H-pyrrole nitrogens is 1. The van der Waals surface area contributed by atoms with Gasteiger partial charge in [0.1, 0.15) is 0 Å². The molecule has 2 aromatic carbocycles. The molecule has 3 rings (SSSR count). The second-order valence-corrected chi connectivity index (χ2v) is 5.60. The zero-order valence-electron chi connectivity index (χ0n) is 12.7. The molecular weight excluding hydrogens is 256 g/mol. The molecule has 21 heavy (non-hydrogen) atoms. The summed E-state index contributed by atoms with van der Waals surface area (Å²) < 4.78 is 0. The molecule has 0 aliphatic rings. The van der Waals surface area contributed by atoms with E-state index in [2.05, 4.69) is 72.7 Å². The van der Waals surface area contributed by atoms with Crippen LogP contribution in [-0.4, -0.2) is 4.98 Å². The lowest BCUT2D eigenvalue weighted by Crippen LogP contribution is -2.18. The van der Waals surface area contributed by atoms with E-state index in [1.807, 2.05) is 6.20 Å². The summed E-state index contributed by atoms with van der Waals surface area (Å²) in [7, 11) is 0. The monoisotopic (exact) mass is 278 g/mol. The molecule has 0 radical (unpaired) electrons. The van der Waals surface area contributed by atoms with Gasteiger partial charge in [0.25, 0.3) is 0 Å². The Balaban J connectivity index is 1.65. The summed E-state index contributed by atoms with van der Waals surface area (Å²) in [5.41, 5.74) is 5.25. The normalized spacial score (nSPS) is 12.7. The molecule has 0 saturated heterocycles. The summed E-state index contributed by atoms with van der Waals surface area (Å²) in [5.74, 6) is 0. The molecule has 0 aliphatic heterocycles. The van der Waals surface area contributed by atoms with Crippen LogP contribution in [0.25, 0.3) is 10.9 Å². The van der Waals surface area contributed by atoms with Crippen molar-refractivity contribution < 1.29 is 0 Å². The fraction of sp³-hybridized carbons (Fsp3) is 0.263. The standard InChI is InChI=1S/C19H22N2/c1-3-15-4-7-17(8-5-15)14(2)21-13-16-6-9-19-18(12-16)10-11-20-19/h4-12,14,20-21H,3,13H2,1-2H3. The Bertz CT molecular complexity index is 710. The van der Waals surface area contributed by atoms with Crippen LogP contribution in [0.15, 0.2) is 54.7 Å². The van der Waals surface area contributed by atoms with Gasteiger partial charge in [0, 0.05) is 24.3 Å². The molecule has 2 heteroatoms. The molecule has 1 atom stereocenters. The minimum absolute atomic E-state index is 0.359. The number of aryl methyl sites for hydroxylation is 1. The number of aromatic amines is 1. The van der Waals surface area contributed by atoms with Crippen LogP contribution in [0.1, 0.15) is 36.6 Å². The van der Waals surface area contributed by atoms with Crippen molar-refractivity contribution in [3.8, 4) is 0 Å². The molecule has 1 unspecified atom stereocenters. The molecule has 0 spiro atoms. The van der Waals surface area contributed by atoms with E-state index in [4.69, 9.17) is 0 Å². The first kappa shape index (κ1) is 13.9. The van der Waals surface area contributed by atoms with Crippen molar-refractivity contribution in [3.63, 3.8) is 0 Å². The first-order valence-electron chi connectivity index (χ1n) is 7.64. The first-order valence-corrected chi connectivity index (χ1v) is 7.64. The Labute approximate surface area is 126 Å². The zero-order chi connectivity index (χ0) is 14.7. The summed E-state index contributed by atoms with van der Waals surface area (Å²) in [6, 6.07) is 17.9. The van der Waals surface area contributed by atoms with Crippen LogP contribution in [-0.2, 0) is 13.0 Å². The van der Waals surface area contributed by atoms with Crippen molar-refractivity contribution in [1.29, 1.82) is 0 Å². The second-order valence-electron chi connectivity index (χ2n) is 5.60. The van der Waals surface area contributed by atoms with Crippen molar-refractivity contribution in [2.24, 2.45) is 0 Å². The van der Waals surface area contributed by atoms with Gasteiger partial charge in [0.15, 0.2) is 0 Å². The maximum Gasteiger partial charge on any atom is 0.0454 e. The van der Waals surface area contributed by atoms with Crippen LogP contribution >= 0.6 is 0 Å². The predicted octanol–water partition coefficient (Wildman–Crippen LogP) is 4.58. The molecule has 0 bridgehead atoms. The van der Waals surface area contributed by atoms with Gasteiger partial charge in [-0.1, -0.05) is 37.3 Å². The third-order valence-corrected chi connectivity index (χ3v) is 4.12. The smallest absolute Gasteiger partial charge is 0.0454 e. The van der Waals surface area contributed by atoms with E-state index in [0.717, 1.165) is 13.0 Å². The molecule has 1 heterocycles. The highest BCUT2D eigenvalue weighted by molar-refractivity contribution is 5.79. The highest BCUT2D eigenvalue weighted by Crippen LogP contribution is 2.17. The van der Waals surface area contributed by atoms with E-state index in [0.29, 0.717) is 6.04 Å². The Hall–Kier alpha value is -2.06. The lowest BCUT2D eigenvalue weighted by Gasteiger charge is -2.15. The lowest BCUT2D eigenvalue weighted by molar-refractivity contribution is 0.575. The molecule has 0 amide bonds. The highest BCUT2D eigenvalue weighted by atomic mass is 14.9. The Morgan fingerprint density at radius 1 is 1.00 bits per heavy atom. The highest BCUT2D eigenvalue weighted by Gasteiger charge is 2.05. The molecule has 0 aliphatic carbocycles. The van der Waals surface area contributed by atoms with Gasteiger partial charge in [-0.2, -0.15) is 0 Å². The van der Waals surface area contributed by atoms with Crippen LogP contribution in [0, 0.1) is 0 Å². The maximum absolute atomic E-state index is 3.60. The van der Waals surface area contributed by atoms with Crippen molar-refractivity contribution >= 4 is 10.9 Å². The zero-order valence-corrected chi connectivity index (χ0v) is 12.7. The summed E-state index contributed by atoms with van der Waals surface area (Å²) >= 11 is 0. The fourth-order valence-corrected chi connectivity index (χ4v) is 2.64. The summed E-state index contributed by atoms with van der Waals surface area (Å²) in [5, 5.41) is 4.87. The molecule has 108 valence electrons. The first-order chi connectivity index (χ1) is 10.3. The van der Waals surface area contributed by atoms with Crippen molar-refractivity contribution in [3.05, 3.63) is 71.4 Å². The average molecular weight is 278 g/mol. The van der Waals surface area contributed by atoms with Gasteiger partial charge in [-0.05, 0) is 53.6 Å². The Kier molecular flexibility index (Phi) is 4.07. The minimum atomic E-state index is 0.359. The van der Waals surface area contributed by atoms with Crippen LogP contribution in [0.5, 0.6) is 0 Å². The molecule has 0 fully saturated rings.